The van der Waals surface area contributed by atoms with Crippen LogP contribution in [-0.4, -0.2) is 12.6 Å². The number of aromatic nitrogens is 1. The van der Waals surface area contributed by atoms with Gasteiger partial charge in [0.05, 0.1) is 30.7 Å². The van der Waals surface area contributed by atoms with Gasteiger partial charge in [0, 0.05) is 16.6 Å². The second kappa shape index (κ2) is 12.6. The zero-order valence-electron chi connectivity index (χ0n) is 27.0. The maximum absolute atomic E-state index is 8.45. The van der Waals surface area contributed by atoms with Gasteiger partial charge in [0.1, 0.15) is 0 Å². The van der Waals surface area contributed by atoms with Crippen molar-refractivity contribution in [3.8, 4) is 16.8 Å². The standard InChI is InChI=1S/C45H28N4Si/c1-46-33-27-29-42-38(31-33)37-22-13-14-24-41(37)49(42)43-25-15-23-40(48-3)45(43)32-26-28-39(47-2)44(30-32)50(34-16-7-4-8-17-34,35-18-9-5-10-19-35)36-20-11-6-12-21-36/h4-31H. The minimum absolute atomic E-state index is 0.527. The SMILES string of the molecule is [C-]#[N+]c1ccc2c(c1)c1ccccc1n2-c1cccc([N+]#[C-])c1-c1ccc([N+]#[C-])c([Si](c2ccccc2)(c2ccccc2)c2ccccc2)c1. The summed E-state index contributed by atoms with van der Waals surface area (Å²) in [5.41, 5.74) is 6.20. The second-order valence-corrected chi connectivity index (χ2v) is 15.9. The van der Waals surface area contributed by atoms with Gasteiger partial charge in [0.15, 0.2) is 25.1 Å². The molecule has 7 aromatic carbocycles. The summed E-state index contributed by atoms with van der Waals surface area (Å²) in [5.74, 6) is 0. The zero-order chi connectivity index (χ0) is 34.1. The van der Waals surface area contributed by atoms with Gasteiger partial charge in [-0.25, -0.2) is 14.5 Å². The Morgan fingerprint density at radius 1 is 0.440 bits per heavy atom. The predicted octanol–water partition coefficient (Wildman–Crippen LogP) is 9.48. The van der Waals surface area contributed by atoms with E-state index >= 15 is 0 Å². The lowest BCUT2D eigenvalue weighted by Crippen LogP contribution is -2.74. The van der Waals surface area contributed by atoms with Crippen LogP contribution < -0.4 is 20.7 Å². The van der Waals surface area contributed by atoms with E-state index < -0.39 is 8.07 Å². The summed E-state index contributed by atoms with van der Waals surface area (Å²) in [5, 5.41) is 6.53. The van der Waals surface area contributed by atoms with Gasteiger partial charge in [-0.2, -0.15) is 0 Å². The molecule has 0 saturated heterocycles. The molecule has 5 heteroatoms. The summed E-state index contributed by atoms with van der Waals surface area (Å²) in [4.78, 5) is 11.9. The van der Waals surface area contributed by atoms with Crippen molar-refractivity contribution in [2.75, 3.05) is 0 Å². The van der Waals surface area contributed by atoms with Gasteiger partial charge >= 0.3 is 0 Å². The highest BCUT2D eigenvalue weighted by Crippen LogP contribution is 2.41. The molecule has 0 aliphatic rings. The molecule has 1 aromatic heterocycles. The molecule has 232 valence electrons. The monoisotopic (exact) mass is 652 g/mol. The van der Waals surface area contributed by atoms with E-state index in [1.165, 1.54) is 15.6 Å². The summed E-state index contributed by atoms with van der Waals surface area (Å²) in [6, 6.07) is 57.8. The molecule has 50 heavy (non-hydrogen) atoms. The number of nitrogens with zero attached hydrogens (tertiary/aromatic N) is 4. The molecule has 4 nitrogen and oxygen atoms in total. The van der Waals surface area contributed by atoms with E-state index in [0.717, 1.165) is 43.8 Å². The number of fused-ring (bicyclic) bond motifs is 3. The second-order valence-electron chi connectivity index (χ2n) is 12.1. The van der Waals surface area contributed by atoms with Crippen molar-refractivity contribution < 1.29 is 0 Å². The Labute approximate surface area is 292 Å². The Bertz CT molecular complexity index is 2580. The normalized spacial score (nSPS) is 11.1. The highest BCUT2D eigenvalue weighted by Gasteiger charge is 2.43. The summed E-state index contributed by atoms with van der Waals surface area (Å²) in [6.07, 6.45) is 0. The van der Waals surface area contributed by atoms with Crippen molar-refractivity contribution in [2.24, 2.45) is 0 Å². The smallest absolute Gasteiger partial charge is 0.196 e. The molecular weight excluding hydrogens is 625 g/mol. The van der Waals surface area contributed by atoms with Crippen molar-refractivity contribution >= 4 is 67.7 Å². The number of hydrogen-bond donors (Lipinski definition) is 0. The van der Waals surface area contributed by atoms with Crippen LogP contribution >= 0.6 is 0 Å². The summed E-state index contributed by atoms with van der Waals surface area (Å²) >= 11 is 0. The largest absolute Gasteiger partial charge is 0.310 e. The van der Waals surface area contributed by atoms with E-state index in [1.54, 1.807) is 0 Å². The molecule has 1 heterocycles. The quantitative estimate of drug-likeness (QED) is 0.0968. The molecule has 0 N–H and O–H groups in total. The van der Waals surface area contributed by atoms with Gasteiger partial charge in [0.25, 0.3) is 0 Å². The fourth-order valence-electron chi connectivity index (χ4n) is 7.51. The first-order valence-corrected chi connectivity index (χ1v) is 18.3. The number of hydrogen-bond acceptors (Lipinski definition) is 0. The molecular formula is C45H28N4Si. The van der Waals surface area contributed by atoms with E-state index in [0.29, 0.717) is 17.1 Å². The van der Waals surface area contributed by atoms with Crippen molar-refractivity contribution in [1.29, 1.82) is 0 Å². The van der Waals surface area contributed by atoms with Gasteiger partial charge in [-0.15, -0.1) is 0 Å². The third kappa shape index (κ3) is 4.72. The molecule has 8 aromatic rings. The third-order valence-corrected chi connectivity index (χ3v) is 14.4. The molecule has 8 rings (SSSR count). The maximum Gasteiger partial charge on any atom is 0.196 e. The summed E-state index contributed by atoms with van der Waals surface area (Å²) in [7, 11) is -3.07. The van der Waals surface area contributed by atoms with Crippen LogP contribution in [-0.2, 0) is 0 Å². The van der Waals surface area contributed by atoms with Gasteiger partial charge < -0.3 is 4.57 Å². The van der Waals surface area contributed by atoms with E-state index in [9.17, 15) is 0 Å². The van der Waals surface area contributed by atoms with E-state index in [4.69, 9.17) is 19.7 Å². The summed E-state index contributed by atoms with van der Waals surface area (Å²) in [6.45, 7) is 24.4. The molecule has 0 aliphatic heterocycles. The van der Waals surface area contributed by atoms with Crippen molar-refractivity contribution in [3.05, 3.63) is 204 Å². The predicted molar refractivity (Wildman–Crippen MR) is 209 cm³/mol. The molecule has 0 amide bonds. The van der Waals surface area contributed by atoms with Crippen LogP contribution in [0.3, 0.4) is 0 Å². The van der Waals surface area contributed by atoms with Crippen LogP contribution in [0.15, 0.2) is 170 Å². The lowest BCUT2D eigenvalue weighted by atomic mass is 10.0. The van der Waals surface area contributed by atoms with Crippen molar-refractivity contribution in [3.63, 3.8) is 0 Å². The first kappa shape index (κ1) is 30.4. The van der Waals surface area contributed by atoms with Crippen LogP contribution in [0.5, 0.6) is 0 Å². The van der Waals surface area contributed by atoms with Crippen molar-refractivity contribution in [1.82, 2.24) is 4.57 Å². The lowest BCUT2D eigenvalue weighted by molar-refractivity contribution is 1.18. The maximum atomic E-state index is 8.45. The molecule has 0 saturated carbocycles. The molecule has 0 aliphatic carbocycles. The van der Waals surface area contributed by atoms with Gasteiger partial charge in [-0.05, 0) is 56.0 Å². The minimum atomic E-state index is -3.07. The minimum Gasteiger partial charge on any atom is -0.310 e. The van der Waals surface area contributed by atoms with E-state index in [1.807, 2.05) is 72.8 Å². The Morgan fingerprint density at radius 3 is 1.62 bits per heavy atom. The number of para-hydroxylation sites is 1. The molecule has 0 fully saturated rings. The van der Waals surface area contributed by atoms with Gasteiger partial charge in [0.2, 0.25) is 0 Å². The highest BCUT2D eigenvalue weighted by atomic mass is 28.3. The molecule has 0 spiro atoms. The molecule has 0 bridgehead atoms. The number of benzene rings is 7. The van der Waals surface area contributed by atoms with Crippen molar-refractivity contribution in [2.45, 2.75) is 0 Å². The Hall–Kier alpha value is -6.97. The lowest BCUT2D eigenvalue weighted by Gasteiger charge is -2.35. The first-order valence-electron chi connectivity index (χ1n) is 16.3. The molecule has 0 unspecified atom stereocenters. The average molecular weight is 653 g/mol. The first-order chi connectivity index (χ1) is 24.7. The van der Waals surface area contributed by atoms with Gasteiger partial charge in [-0.3, -0.25) is 0 Å². The van der Waals surface area contributed by atoms with Crippen LogP contribution in [0.2, 0.25) is 0 Å². The highest BCUT2D eigenvalue weighted by molar-refractivity contribution is 7.20. The summed E-state index contributed by atoms with van der Waals surface area (Å²) < 4.78 is 2.21. The third-order valence-electron chi connectivity index (χ3n) is 9.60. The van der Waals surface area contributed by atoms with Crippen LogP contribution in [0, 0.1) is 19.7 Å². The zero-order valence-corrected chi connectivity index (χ0v) is 28.0. The number of rotatable bonds is 6. The van der Waals surface area contributed by atoms with Crippen LogP contribution in [0.25, 0.3) is 53.2 Å². The van der Waals surface area contributed by atoms with Crippen LogP contribution in [0.1, 0.15) is 0 Å². The Kier molecular flexibility index (Phi) is 7.63. The molecule has 0 radical (unpaired) electrons. The Morgan fingerprint density at radius 2 is 1.02 bits per heavy atom. The van der Waals surface area contributed by atoms with E-state index in [2.05, 4.69) is 116 Å². The van der Waals surface area contributed by atoms with Gasteiger partial charge in [-0.1, -0.05) is 146 Å². The molecule has 0 atom stereocenters. The topological polar surface area (TPSA) is 18.0 Å². The van der Waals surface area contributed by atoms with E-state index in [-0.39, 0.29) is 0 Å². The van der Waals surface area contributed by atoms with Crippen LogP contribution in [0.4, 0.5) is 17.1 Å². The fourth-order valence-corrected chi connectivity index (χ4v) is 12.4. The average Bonchev–Trinajstić information content (AvgIpc) is 3.52. The Balaban J connectivity index is 1.49. The fraction of sp³-hybridized carbons (Fsp3) is 0.